The lowest BCUT2D eigenvalue weighted by Crippen LogP contribution is -2.44. The zero-order chi connectivity index (χ0) is 19.3. The Balaban J connectivity index is 1.44. The molecule has 1 amide bonds. The molecule has 5 heteroatoms. The first kappa shape index (κ1) is 17.5. The van der Waals surface area contributed by atoms with E-state index in [1.54, 1.807) is 0 Å². The number of nitrogens with zero attached hydrogens (tertiary/aromatic N) is 1. The maximum absolute atomic E-state index is 12.6. The summed E-state index contributed by atoms with van der Waals surface area (Å²) in [4.78, 5) is 15.0. The number of carbonyl (C=O) groups is 1. The average Bonchev–Trinajstić information content (AvgIpc) is 3.20. The summed E-state index contributed by atoms with van der Waals surface area (Å²) in [5.74, 6) is 0.599. The summed E-state index contributed by atoms with van der Waals surface area (Å²) < 4.78 is 11.8. The third-order valence-electron chi connectivity index (χ3n) is 5.59. The number of ether oxygens (including phenoxy) is 2. The van der Waals surface area contributed by atoms with E-state index in [0.717, 1.165) is 42.0 Å². The van der Waals surface area contributed by atoms with E-state index in [1.165, 1.54) is 5.56 Å². The van der Waals surface area contributed by atoms with Crippen molar-refractivity contribution in [3.8, 4) is 0 Å². The summed E-state index contributed by atoms with van der Waals surface area (Å²) in [6.45, 7) is 7.56. The van der Waals surface area contributed by atoms with Gasteiger partial charge in [-0.15, -0.1) is 0 Å². The van der Waals surface area contributed by atoms with Gasteiger partial charge in [0.2, 0.25) is 0 Å². The van der Waals surface area contributed by atoms with Gasteiger partial charge >= 0.3 is 0 Å². The van der Waals surface area contributed by atoms with Gasteiger partial charge in [-0.25, -0.2) is 0 Å². The molecule has 1 saturated heterocycles. The van der Waals surface area contributed by atoms with Crippen LogP contribution < -0.4 is 5.32 Å². The van der Waals surface area contributed by atoms with Crippen molar-refractivity contribution < 1.29 is 14.3 Å². The predicted molar refractivity (Wildman–Crippen MR) is 108 cm³/mol. The summed E-state index contributed by atoms with van der Waals surface area (Å²) >= 11 is 0. The van der Waals surface area contributed by atoms with Gasteiger partial charge in [-0.1, -0.05) is 36.4 Å². The molecule has 144 valence electrons. The molecule has 0 spiro atoms. The van der Waals surface area contributed by atoms with Crippen LogP contribution in [0, 0.1) is 0 Å². The highest BCUT2D eigenvalue weighted by atomic mass is 16.5. The number of anilines is 1. The standard InChI is InChI=1S/C23H24N2O3/c1-14-10-25(11-15(2)28-14)12-16-7-8-18-17(9-16)13-27-22(18)21-19-5-3-4-6-20(19)24-23(21)26/h3-9,14-15H,10-13H2,1-2H3,(H,24,26). The molecule has 0 aromatic heterocycles. The topological polar surface area (TPSA) is 50.8 Å². The first-order valence-corrected chi connectivity index (χ1v) is 9.86. The number of para-hydroxylation sites is 1. The predicted octanol–water partition coefficient (Wildman–Crippen LogP) is 3.65. The summed E-state index contributed by atoms with van der Waals surface area (Å²) in [5, 5.41) is 2.93. The Morgan fingerprint density at radius 2 is 1.86 bits per heavy atom. The fourth-order valence-electron chi connectivity index (χ4n) is 4.54. The van der Waals surface area contributed by atoms with E-state index >= 15 is 0 Å². The summed E-state index contributed by atoms with van der Waals surface area (Å²) in [7, 11) is 0. The molecular weight excluding hydrogens is 352 g/mol. The maximum Gasteiger partial charge on any atom is 0.260 e. The smallest absolute Gasteiger partial charge is 0.260 e. The summed E-state index contributed by atoms with van der Waals surface area (Å²) in [5.41, 5.74) is 5.83. The quantitative estimate of drug-likeness (QED) is 0.813. The van der Waals surface area contributed by atoms with Crippen LogP contribution in [-0.2, 0) is 27.4 Å². The highest BCUT2D eigenvalue weighted by Crippen LogP contribution is 2.41. The third kappa shape index (κ3) is 3.01. The molecule has 1 N–H and O–H groups in total. The van der Waals surface area contributed by atoms with Gasteiger partial charge in [-0.3, -0.25) is 9.69 Å². The Morgan fingerprint density at radius 3 is 2.68 bits per heavy atom. The van der Waals surface area contributed by atoms with Crippen molar-refractivity contribution in [3.63, 3.8) is 0 Å². The number of carbonyl (C=O) groups excluding carboxylic acids is 1. The maximum atomic E-state index is 12.6. The second kappa shape index (κ2) is 6.76. The van der Waals surface area contributed by atoms with Gasteiger partial charge in [0.15, 0.2) is 0 Å². The molecule has 3 aliphatic rings. The van der Waals surface area contributed by atoms with Crippen LogP contribution in [0.4, 0.5) is 5.69 Å². The lowest BCUT2D eigenvalue weighted by molar-refractivity contribution is -0.110. The molecule has 0 saturated carbocycles. The monoisotopic (exact) mass is 376 g/mol. The van der Waals surface area contributed by atoms with Crippen molar-refractivity contribution in [2.75, 3.05) is 18.4 Å². The molecule has 0 bridgehead atoms. The Morgan fingerprint density at radius 1 is 1.07 bits per heavy atom. The van der Waals surface area contributed by atoms with Crippen LogP contribution in [0.25, 0.3) is 11.3 Å². The molecule has 2 aromatic rings. The van der Waals surface area contributed by atoms with E-state index in [1.807, 2.05) is 24.3 Å². The number of fused-ring (bicyclic) bond motifs is 2. The van der Waals surface area contributed by atoms with Gasteiger partial charge in [-0.05, 0) is 25.5 Å². The molecule has 3 heterocycles. The Labute approximate surface area is 164 Å². The van der Waals surface area contributed by atoms with E-state index < -0.39 is 0 Å². The van der Waals surface area contributed by atoms with E-state index in [9.17, 15) is 4.79 Å². The number of hydrogen-bond acceptors (Lipinski definition) is 4. The normalized spacial score (nSPS) is 26.6. The van der Waals surface area contributed by atoms with Crippen molar-refractivity contribution in [2.45, 2.75) is 39.2 Å². The minimum Gasteiger partial charge on any atom is -0.487 e. The van der Waals surface area contributed by atoms with Crippen molar-refractivity contribution in [1.29, 1.82) is 0 Å². The van der Waals surface area contributed by atoms with E-state index in [0.29, 0.717) is 17.9 Å². The summed E-state index contributed by atoms with van der Waals surface area (Å²) in [6, 6.07) is 14.2. The van der Waals surface area contributed by atoms with Gasteiger partial charge in [-0.2, -0.15) is 0 Å². The lowest BCUT2D eigenvalue weighted by atomic mass is 9.99. The second-order valence-electron chi connectivity index (χ2n) is 7.94. The van der Waals surface area contributed by atoms with Crippen LogP contribution in [0.1, 0.15) is 36.1 Å². The van der Waals surface area contributed by atoms with Crippen molar-refractivity contribution in [3.05, 3.63) is 64.7 Å². The number of hydrogen-bond donors (Lipinski definition) is 1. The highest BCUT2D eigenvalue weighted by molar-refractivity contribution is 6.36. The van der Waals surface area contributed by atoms with Gasteiger partial charge in [0.1, 0.15) is 12.4 Å². The fraction of sp³-hybridized carbons (Fsp3) is 0.348. The van der Waals surface area contributed by atoms with Crippen LogP contribution in [0.3, 0.4) is 0 Å². The molecular formula is C23H24N2O3. The zero-order valence-corrected chi connectivity index (χ0v) is 16.2. The van der Waals surface area contributed by atoms with Crippen LogP contribution >= 0.6 is 0 Å². The Hall–Kier alpha value is -2.63. The molecule has 5 nitrogen and oxygen atoms in total. The summed E-state index contributed by atoms with van der Waals surface area (Å²) in [6.07, 6.45) is 0.526. The van der Waals surface area contributed by atoms with E-state index in [2.05, 4.69) is 42.3 Å². The van der Waals surface area contributed by atoms with Crippen LogP contribution in [-0.4, -0.2) is 36.1 Å². The molecule has 0 aliphatic carbocycles. The molecule has 2 atom stereocenters. The number of amides is 1. The molecule has 5 rings (SSSR count). The van der Waals surface area contributed by atoms with Crippen LogP contribution in [0.15, 0.2) is 42.5 Å². The zero-order valence-electron chi connectivity index (χ0n) is 16.2. The lowest BCUT2D eigenvalue weighted by Gasteiger charge is -2.35. The Bertz CT molecular complexity index is 972. The van der Waals surface area contributed by atoms with Gasteiger partial charge < -0.3 is 14.8 Å². The van der Waals surface area contributed by atoms with Gasteiger partial charge in [0, 0.05) is 42.0 Å². The van der Waals surface area contributed by atoms with E-state index in [-0.39, 0.29) is 18.1 Å². The third-order valence-corrected chi connectivity index (χ3v) is 5.59. The van der Waals surface area contributed by atoms with E-state index in [4.69, 9.17) is 9.47 Å². The number of morpholine rings is 1. The van der Waals surface area contributed by atoms with Crippen molar-refractivity contribution >= 4 is 22.9 Å². The molecule has 2 unspecified atom stereocenters. The van der Waals surface area contributed by atoms with Crippen molar-refractivity contribution in [2.24, 2.45) is 0 Å². The molecule has 2 aromatic carbocycles. The second-order valence-corrected chi connectivity index (χ2v) is 7.94. The minimum absolute atomic E-state index is 0.0931. The van der Waals surface area contributed by atoms with Crippen molar-refractivity contribution in [1.82, 2.24) is 4.90 Å². The minimum atomic E-state index is -0.0931. The fourth-order valence-corrected chi connectivity index (χ4v) is 4.54. The van der Waals surface area contributed by atoms with Crippen LogP contribution in [0.2, 0.25) is 0 Å². The Kier molecular flexibility index (Phi) is 4.22. The number of rotatable bonds is 2. The first-order chi connectivity index (χ1) is 13.6. The largest absolute Gasteiger partial charge is 0.487 e. The van der Waals surface area contributed by atoms with Gasteiger partial charge in [0.25, 0.3) is 5.91 Å². The SMILES string of the molecule is CC1CN(Cc2ccc3c(c2)COC3=C2C(=O)Nc3ccccc32)CC(C)O1. The molecule has 1 fully saturated rings. The number of nitrogens with one attached hydrogen (secondary N) is 1. The molecule has 28 heavy (non-hydrogen) atoms. The first-order valence-electron chi connectivity index (χ1n) is 9.86. The highest BCUT2D eigenvalue weighted by Gasteiger charge is 2.32. The molecule has 0 radical (unpaired) electrons. The van der Waals surface area contributed by atoms with Gasteiger partial charge in [0.05, 0.1) is 17.8 Å². The number of benzene rings is 2. The van der Waals surface area contributed by atoms with Crippen LogP contribution in [0.5, 0.6) is 0 Å². The molecule has 3 aliphatic heterocycles. The average molecular weight is 376 g/mol.